The van der Waals surface area contributed by atoms with Gasteiger partial charge in [-0.3, -0.25) is 0 Å². The van der Waals surface area contributed by atoms with Gasteiger partial charge in [-0.15, -0.1) is 11.3 Å². The van der Waals surface area contributed by atoms with Crippen LogP contribution in [-0.4, -0.2) is 6.04 Å². The third kappa shape index (κ3) is 5.88. The number of rotatable bonds is 7. The summed E-state index contributed by atoms with van der Waals surface area (Å²) in [5, 5.41) is 3.54. The molecule has 0 aliphatic carbocycles. The van der Waals surface area contributed by atoms with E-state index < -0.39 is 0 Å². The van der Waals surface area contributed by atoms with Crippen molar-refractivity contribution in [2.24, 2.45) is 5.92 Å². The fraction of sp³-hybridized carbons (Fsp3) is 0.692. The topological polar surface area (TPSA) is 12.0 Å². The molecule has 0 saturated carbocycles. The molecule has 1 aromatic heterocycles. The second-order valence-electron chi connectivity index (χ2n) is 4.81. The van der Waals surface area contributed by atoms with Gasteiger partial charge in [0, 0.05) is 17.5 Å². The van der Waals surface area contributed by atoms with E-state index in [0.717, 1.165) is 16.8 Å². The fourth-order valence-electron chi connectivity index (χ4n) is 1.66. The molecule has 1 nitrogen and oxygen atoms in total. The average Bonchev–Trinajstić information content (AvgIpc) is 2.61. The van der Waals surface area contributed by atoms with Crippen LogP contribution in [0.15, 0.2) is 12.1 Å². The first-order valence-corrected chi connectivity index (χ1v) is 7.25. The Morgan fingerprint density at radius 1 is 1.25 bits per heavy atom. The molecule has 0 amide bonds. The summed E-state index contributed by atoms with van der Waals surface area (Å²) in [4.78, 5) is 1.32. The summed E-state index contributed by atoms with van der Waals surface area (Å²) in [6.07, 6.45) is 3.91. The predicted octanol–water partition coefficient (Wildman–Crippen LogP) is 4.71. The van der Waals surface area contributed by atoms with Crippen molar-refractivity contribution >= 4 is 22.9 Å². The summed E-state index contributed by atoms with van der Waals surface area (Å²) in [6, 6.07) is 4.66. The van der Waals surface area contributed by atoms with Gasteiger partial charge in [-0.2, -0.15) is 0 Å². The summed E-state index contributed by atoms with van der Waals surface area (Å²) < 4.78 is 0.879. The van der Waals surface area contributed by atoms with E-state index in [2.05, 4.69) is 32.2 Å². The molecule has 0 fully saturated rings. The zero-order valence-electron chi connectivity index (χ0n) is 10.4. The highest BCUT2D eigenvalue weighted by atomic mass is 35.5. The molecule has 1 unspecified atom stereocenters. The van der Waals surface area contributed by atoms with Crippen LogP contribution in [0.4, 0.5) is 0 Å². The van der Waals surface area contributed by atoms with E-state index in [1.807, 2.05) is 6.07 Å². The van der Waals surface area contributed by atoms with Gasteiger partial charge in [0.25, 0.3) is 0 Å². The van der Waals surface area contributed by atoms with Crippen molar-refractivity contribution in [2.75, 3.05) is 0 Å². The molecular weight excluding hydrogens is 238 g/mol. The predicted molar refractivity (Wildman–Crippen MR) is 74.3 cm³/mol. The Morgan fingerprint density at radius 2 is 2.00 bits per heavy atom. The van der Waals surface area contributed by atoms with Crippen LogP contribution in [0, 0.1) is 5.92 Å². The number of hydrogen-bond donors (Lipinski definition) is 1. The third-order valence-electron chi connectivity index (χ3n) is 2.67. The van der Waals surface area contributed by atoms with Crippen LogP contribution in [0.5, 0.6) is 0 Å². The van der Waals surface area contributed by atoms with Crippen LogP contribution in [0.1, 0.15) is 44.9 Å². The second-order valence-corrected chi connectivity index (χ2v) is 6.61. The zero-order valence-corrected chi connectivity index (χ0v) is 12.0. The first kappa shape index (κ1) is 14.0. The number of halogens is 1. The second kappa shape index (κ2) is 7.31. The molecule has 3 heteroatoms. The van der Waals surface area contributed by atoms with Crippen molar-refractivity contribution in [3.63, 3.8) is 0 Å². The fourth-order valence-corrected chi connectivity index (χ4v) is 2.69. The van der Waals surface area contributed by atoms with Crippen LogP contribution in [-0.2, 0) is 6.54 Å². The van der Waals surface area contributed by atoms with E-state index >= 15 is 0 Å². The molecule has 1 atom stereocenters. The normalized spacial score (nSPS) is 13.3. The number of thiophene rings is 1. The summed E-state index contributed by atoms with van der Waals surface area (Å²) >= 11 is 7.55. The van der Waals surface area contributed by atoms with Gasteiger partial charge in [-0.25, -0.2) is 0 Å². The summed E-state index contributed by atoms with van der Waals surface area (Å²) in [6.45, 7) is 7.77. The quantitative estimate of drug-likeness (QED) is 0.748. The molecule has 1 aromatic rings. The van der Waals surface area contributed by atoms with Crippen molar-refractivity contribution < 1.29 is 0 Å². The molecule has 0 aliphatic heterocycles. The molecular formula is C13H22ClNS. The van der Waals surface area contributed by atoms with Crippen molar-refractivity contribution in [1.82, 2.24) is 5.32 Å². The molecule has 0 bridgehead atoms. The molecule has 1 N–H and O–H groups in total. The molecule has 0 spiro atoms. The van der Waals surface area contributed by atoms with E-state index in [9.17, 15) is 0 Å². The first-order valence-electron chi connectivity index (χ1n) is 6.05. The number of nitrogens with one attached hydrogen (secondary N) is 1. The molecule has 0 aromatic carbocycles. The van der Waals surface area contributed by atoms with Crippen molar-refractivity contribution in [2.45, 2.75) is 52.6 Å². The van der Waals surface area contributed by atoms with Crippen molar-refractivity contribution in [3.8, 4) is 0 Å². The highest BCUT2D eigenvalue weighted by molar-refractivity contribution is 7.16. The summed E-state index contributed by atoms with van der Waals surface area (Å²) in [7, 11) is 0. The van der Waals surface area contributed by atoms with Crippen LogP contribution < -0.4 is 5.32 Å². The Hall–Kier alpha value is -0.0500. The van der Waals surface area contributed by atoms with Gasteiger partial charge in [0.05, 0.1) is 4.34 Å². The van der Waals surface area contributed by atoms with Gasteiger partial charge < -0.3 is 5.32 Å². The molecule has 0 radical (unpaired) electrons. The summed E-state index contributed by atoms with van der Waals surface area (Å²) in [5.41, 5.74) is 0. The number of hydrogen-bond acceptors (Lipinski definition) is 2. The van der Waals surface area contributed by atoms with Gasteiger partial charge in [-0.05, 0) is 31.4 Å². The Morgan fingerprint density at radius 3 is 2.56 bits per heavy atom. The lowest BCUT2D eigenvalue weighted by atomic mass is 10.0. The monoisotopic (exact) mass is 259 g/mol. The van der Waals surface area contributed by atoms with E-state index in [1.54, 1.807) is 11.3 Å². The van der Waals surface area contributed by atoms with E-state index in [1.165, 1.54) is 24.1 Å². The largest absolute Gasteiger partial charge is 0.309 e. The minimum atomic E-state index is 0.597. The van der Waals surface area contributed by atoms with Crippen molar-refractivity contribution in [1.29, 1.82) is 0 Å². The van der Waals surface area contributed by atoms with Crippen LogP contribution in [0.2, 0.25) is 4.34 Å². The Balaban J connectivity index is 2.12. The first-order chi connectivity index (χ1) is 7.58. The Bertz CT molecular complexity index is 296. The lowest BCUT2D eigenvalue weighted by molar-refractivity contribution is 0.458. The molecule has 0 aliphatic rings. The highest BCUT2D eigenvalue weighted by Gasteiger charge is 2.03. The van der Waals surface area contributed by atoms with Gasteiger partial charge in [-0.1, -0.05) is 38.3 Å². The van der Waals surface area contributed by atoms with E-state index in [0.29, 0.717) is 6.04 Å². The van der Waals surface area contributed by atoms with Gasteiger partial charge in [0.1, 0.15) is 0 Å². The van der Waals surface area contributed by atoms with E-state index in [-0.39, 0.29) is 0 Å². The third-order valence-corrected chi connectivity index (χ3v) is 3.90. The molecule has 1 rings (SSSR count). The maximum absolute atomic E-state index is 5.88. The van der Waals surface area contributed by atoms with Crippen LogP contribution in [0.3, 0.4) is 0 Å². The molecule has 1 heterocycles. The van der Waals surface area contributed by atoms with Crippen LogP contribution >= 0.6 is 22.9 Å². The smallest absolute Gasteiger partial charge is 0.0931 e. The molecule has 92 valence electrons. The summed E-state index contributed by atoms with van der Waals surface area (Å²) in [5.74, 6) is 0.823. The Labute approximate surface area is 108 Å². The lowest BCUT2D eigenvalue weighted by Gasteiger charge is -2.13. The SMILES string of the molecule is CC(C)CCCC(C)NCc1ccc(Cl)s1. The highest BCUT2D eigenvalue weighted by Crippen LogP contribution is 2.21. The Kier molecular flexibility index (Phi) is 6.40. The minimum absolute atomic E-state index is 0.597. The van der Waals surface area contributed by atoms with Gasteiger partial charge >= 0.3 is 0 Å². The maximum atomic E-state index is 5.88. The van der Waals surface area contributed by atoms with Gasteiger partial charge in [0.15, 0.2) is 0 Å². The van der Waals surface area contributed by atoms with E-state index in [4.69, 9.17) is 11.6 Å². The average molecular weight is 260 g/mol. The van der Waals surface area contributed by atoms with Crippen LogP contribution in [0.25, 0.3) is 0 Å². The van der Waals surface area contributed by atoms with Crippen molar-refractivity contribution in [3.05, 3.63) is 21.3 Å². The van der Waals surface area contributed by atoms with Gasteiger partial charge in [0.2, 0.25) is 0 Å². The zero-order chi connectivity index (χ0) is 12.0. The minimum Gasteiger partial charge on any atom is -0.309 e. The molecule has 0 saturated heterocycles. The maximum Gasteiger partial charge on any atom is 0.0931 e. The lowest BCUT2D eigenvalue weighted by Crippen LogP contribution is -2.24. The standard InChI is InChI=1S/C13H22ClNS/c1-10(2)5-4-6-11(3)15-9-12-7-8-13(14)16-12/h7-8,10-11,15H,4-6,9H2,1-3H3. The molecule has 16 heavy (non-hydrogen) atoms.